The number of carboxylic acid groups (broad SMARTS) is 1. The third kappa shape index (κ3) is 4.61. The number of halogens is 1. The van der Waals surface area contributed by atoms with Gasteiger partial charge in [-0.05, 0) is 17.7 Å². The summed E-state index contributed by atoms with van der Waals surface area (Å²) >= 11 is 4.07. The third-order valence-corrected chi connectivity index (χ3v) is 3.99. The molecule has 0 bridgehead atoms. The smallest absolute Gasteiger partial charge is 0.335 e. The van der Waals surface area contributed by atoms with Crippen molar-refractivity contribution in [2.45, 2.75) is 19.1 Å². The summed E-state index contributed by atoms with van der Waals surface area (Å²) in [6.07, 6.45) is -2.30. The maximum Gasteiger partial charge on any atom is 0.335 e. The van der Waals surface area contributed by atoms with Crippen LogP contribution in [0.4, 0.5) is 0 Å². The summed E-state index contributed by atoms with van der Waals surface area (Å²) in [5, 5.41) is 28.4. The summed E-state index contributed by atoms with van der Waals surface area (Å²) < 4.78 is 0.395. The normalized spacial score (nSPS) is 13.9. The lowest BCUT2D eigenvalue weighted by Gasteiger charge is -2.18. The molecule has 0 aliphatic carbocycles. The van der Waals surface area contributed by atoms with Crippen LogP contribution < -0.4 is 0 Å². The van der Waals surface area contributed by atoms with E-state index in [1.165, 1.54) is 25.1 Å². The van der Waals surface area contributed by atoms with Crippen molar-refractivity contribution >= 4 is 38.8 Å². The van der Waals surface area contributed by atoms with Crippen molar-refractivity contribution in [2.24, 2.45) is 0 Å². The summed E-state index contributed by atoms with van der Waals surface area (Å²) in [5.74, 6) is -1.00. The van der Waals surface area contributed by atoms with Crippen LogP contribution in [0.15, 0.2) is 22.7 Å². The van der Waals surface area contributed by atoms with Gasteiger partial charge in [-0.25, -0.2) is 4.79 Å². The molecule has 5 nitrogen and oxygen atoms in total. The van der Waals surface area contributed by atoms with Crippen molar-refractivity contribution < 1.29 is 24.9 Å². The van der Waals surface area contributed by atoms with Crippen LogP contribution in [0.3, 0.4) is 0 Å². The van der Waals surface area contributed by atoms with Crippen LogP contribution in [0.2, 0.25) is 0 Å². The minimum Gasteiger partial charge on any atom is -0.478 e. The molecule has 104 valence electrons. The van der Waals surface area contributed by atoms with Gasteiger partial charge in [0.1, 0.15) is 6.10 Å². The number of carbonyl (C=O) groups is 2. The third-order valence-electron chi connectivity index (χ3n) is 2.39. The van der Waals surface area contributed by atoms with Crippen molar-refractivity contribution in [2.75, 3.05) is 5.75 Å². The van der Waals surface area contributed by atoms with Crippen LogP contribution in [-0.2, 0) is 4.79 Å². The molecule has 0 heterocycles. The van der Waals surface area contributed by atoms with E-state index >= 15 is 0 Å². The monoisotopic (exact) mass is 348 g/mol. The summed E-state index contributed by atoms with van der Waals surface area (Å²) in [6.45, 7) is 1.38. The van der Waals surface area contributed by atoms with Gasteiger partial charge in [0.15, 0.2) is 5.12 Å². The molecule has 0 aliphatic heterocycles. The van der Waals surface area contributed by atoms with Crippen LogP contribution in [0.25, 0.3) is 0 Å². The number of hydrogen-bond acceptors (Lipinski definition) is 5. The van der Waals surface area contributed by atoms with E-state index in [1.807, 2.05) is 0 Å². The van der Waals surface area contributed by atoms with E-state index in [2.05, 4.69) is 15.9 Å². The molecule has 0 saturated heterocycles. The maximum atomic E-state index is 10.8. The highest BCUT2D eigenvalue weighted by molar-refractivity contribution is 9.10. The SMILES string of the molecule is CC(=O)SCC(O)C(O)c1ccc(C(=O)O)cc1Br. The zero-order chi connectivity index (χ0) is 14.6. The van der Waals surface area contributed by atoms with E-state index in [0.29, 0.717) is 10.0 Å². The van der Waals surface area contributed by atoms with Gasteiger partial charge in [0, 0.05) is 17.1 Å². The predicted octanol–water partition coefficient (Wildman–Crippen LogP) is 1.82. The van der Waals surface area contributed by atoms with Gasteiger partial charge in [-0.2, -0.15) is 0 Å². The Kier molecular flexibility index (Phi) is 5.99. The number of carbonyl (C=O) groups excluding carboxylic acids is 1. The van der Waals surface area contributed by atoms with Crippen LogP contribution >= 0.6 is 27.7 Å². The Morgan fingerprint density at radius 2 is 2.00 bits per heavy atom. The van der Waals surface area contributed by atoms with E-state index in [9.17, 15) is 19.8 Å². The number of aliphatic hydroxyl groups is 2. The Hall–Kier alpha value is -0.890. The summed E-state index contributed by atoms with van der Waals surface area (Å²) in [7, 11) is 0. The molecule has 7 heteroatoms. The Balaban J connectivity index is 2.84. The van der Waals surface area contributed by atoms with Crippen LogP contribution in [0, 0.1) is 0 Å². The molecular weight excluding hydrogens is 336 g/mol. The number of aliphatic hydroxyl groups excluding tert-OH is 2. The second-order valence-electron chi connectivity index (χ2n) is 3.86. The van der Waals surface area contributed by atoms with Crippen LogP contribution in [0.5, 0.6) is 0 Å². The Bertz CT molecular complexity index is 491. The molecule has 2 unspecified atom stereocenters. The van der Waals surface area contributed by atoms with Crippen molar-refractivity contribution in [1.82, 2.24) is 0 Å². The molecule has 0 amide bonds. The van der Waals surface area contributed by atoms with Gasteiger partial charge in [0.25, 0.3) is 0 Å². The lowest BCUT2D eigenvalue weighted by Crippen LogP contribution is -2.21. The molecule has 1 aromatic carbocycles. The number of carboxylic acids is 1. The number of rotatable bonds is 5. The highest BCUT2D eigenvalue weighted by Gasteiger charge is 2.22. The molecule has 0 saturated carbocycles. The number of hydrogen-bond donors (Lipinski definition) is 3. The second kappa shape index (κ2) is 7.04. The minimum atomic E-state index is -1.19. The van der Waals surface area contributed by atoms with E-state index < -0.39 is 18.2 Å². The molecule has 19 heavy (non-hydrogen) atoms. The van der Waals surface area contributed by atoms with Crippen molar-refractivity contribution in [1.29, 1.82) is 0 Å². The molecular formula is C12H13BrO5S. The quantitative estimate of drug-likeness (QED) is 0.751. The summed E-state index contributed by atoms with van der Waals surface area (Å²) in [6, 6.07) is 4.13. The lowest BCUT2D eigenvalue weighted by atomic mass is 10.0. The fourth-order valence-corrected chi connectivity index (χ4v) is 2.60. The predicted molar refractivity (Wildman–Crippen MR) is 75.2 cm³/mol. The molecule has 2 atom stereocenters. The maximum absolute atomic E-state index is 10.8. The van der Waals surface area contributed by atoms with Gasteiger partial charge >= 0.3 is 5.97 Å². The van der Waals surface area contributed by atoms with Gasteiger partial charge in [-0.1, -0.05) is 33.8 Å². The van der Waals surface area contributed by atoms with E-state index in [-0.39, 0.29) is 16.4 Å². The second-order valence-corrected chi connectivity index (χ2v) is 5.91. The Morgan fingerprint density at radius 1 is 1.37 bits per heavy atom. The standard InChI is InChI=1S/C12H13BrO5S/c1-6(14)19-5-10(15)11(16)8-3-2-7(12(17)18)4-9(8)13/h2-4,10-11,15-16H,5H2,1H3,(H,17,18). The van der Waals surface area contributed by atoms with Crippen molar-refractivity contribution in [3.63, 3.8) is 0 Å². The van der Waals surface area contributed by atoms with Gasteiger partial charge in [0.2, 0.25) is 0 Å². The number of thioether (sulfide) groups is 1. The number of benzene rings is 1. The first kappa shape index (κ1) is 16.2. The fourth-order valence-electron chi connectivity index (χ4n) is 1.40. The Morgan fingerprint density at radius 3 is 2.47 bits per heavy atom. The molecule has 0 aromatic heterocycles. The zero-order valence-electron chi connectivity index (χ0n) is 10.0. The minimum absolute atomic E-state index is 0.0730. The molecule has 0 fully saturated rings. The van der Waals surface area contributed by atoms with Gasteiger partial charge in [-0.3, -0.25) is 4.79 Å². The van der Waals surface area contributed by atoms with Crippen molar-refractivity contribution in [3.05, 3.63) is 33.8 Å². The van der Waals surface area contributed by atoms with Crippen LogP contribution in [-0.4, -0.2) is 38.3 Å². The average Bonchev–Trinajstić information content (AvgIpc) is 2.34. The zero-order valence-corrected chi connectivity index (χ0v) is 12.4. The van der Waals surface area contributed by atoms with Crippen molar-refractivity contribution in [3.8, 4) is 0 Å². The average molecular weight is 349 g/mol. The first-order valence-corrected chi connectivity index (χ1v) is 7.13. The summed E-state index contributed by atoms with van der Waals surface area (Å²) in [5.41, 5.74) is 0.456. The molecule has 1 aromatic rings. The first-order chi connectivity index (χ1) is 8.82. The van der Waals surface area contributed by atoms with Gasteiger partial charge < -0.3 is 15.3 Å². The molecule has 0 aliphatic rings. The fraction of sp³-hybridized carbons (Fsp3) is 0.333. The molecule has 1 rings (SSSR count). The lowest BCUT2D eigenvalue weighted by molar-refractivity contribution is -0.109. The van der Waals surface area contributed by atoms with E-state index in [0.717, 1.165) is 11.8 Å². The van der Waals surface area contributed by atoms with Crippen LogP contribution in [0.1, 0.15) is 28.9 Å². The molecule has 3 N–H and O–H groups in total. The van der Waals surface area contributed by atoms with Gasteiger partial charge in [0.05, 0.1) is 11.7 Å². The molecule has 0 radical (unpaired) electrons. The highest BCUT2D eigenvalue weighted by Crippen LogP contribution is 2.28. The topological polar surface area (TPSA) is 94.8 Å². The number of aromatic carboxylic acids is 1. The van der Waals surface area contributed by atoms with E-state index in [4.69, 9.17) is 5.11 Å². The Labute approximate surface area is 122 Å². The van der Waals surface area contributed by atoms with E-state index in [1.54, 1.807) is 0 Å². The highest BCUT2D eigenvalue weighted by atomic mass is 79.9. The van der Waals surface area contributed by atoms with Gasteiger partial charge in [-0.15, -0.1) is 0 Å². The summed E-state index contributed by atoms with van der Waals surface area (Å²) in [4.78, 5) is 21.6. The largest absolute Gasteiger partial charge is 0.478 e. The first-order valence-electron chi connectivity index (χ1n) is 5.35. The molecule has 0 spiro atoms.